The molecule has 192 valence electrons. The summed E-state index contributed by atoms with van der Waals surface area (Å²) in [6, 6.07) is 5.10. The van der Waals surface area contributed by atoms with E-state index in [2.05, 4.69) is 16.4 Å². The summed E-state index contributed by atoms with van der Waals surface area (Å²) in [5.74, 6) is 0.926. The van der Waals surface area contributed by atoms with Gasteiger partial charge < -0.3 is 14.5 Å². The standard InChI is InChI=1S/C23H32ClN5O5S/c1-35(32,33)19-7-14(6-18(24)9-19)13-34-23(31)28-5-4-16-10-29(12-17(16)11-28)22(30)15-2-3-20-21(8-15)26-27-25-20/h6-7,9,15-17,20-21,25-27H,2-5,8,10-13H2,1H3/t15?,16-,17-,20?,21?/m1/s1. The Morgan fingerprint density at radius 3 is 2.57 bits per heavy atom. The Labute approximate surface area is 210 Å². The first-order valence-electron chi connectivity index (χ1n) is 12.1. The third kappa shape index (κ3) is 5.43. The average molecular weight is 526 g/mol. The van der Waals surface area contributed by atoms with E-state index < -0.39 is 15.9 Å². The molecule has 3 saturated heterocycles. The van der Waals surface area contributed by atoms with Gasteiger partial charge in [0.25, 0.3) is 0 Å². The van der Waals surface area contributed by atoms with Crippen LogP contribution in [0.4, 0.5) is 4.79 Å². The van der Waals surface area contributed by atoms with E-state index in [4.69, 9.17) is 16.3 Å². The van der Waals surface area contributed by atoms with Gasteiger partial charge >= 0.3 is 6.09 Å². The molecule has 3 heterocycles. The van der Waals surface area contributed by atoms with Crippen LogP contribution in [0.2, 0.25) is 5.02 Å². The number of ether oxygens (including phenoxy) is 1. The summed E-state index contributed by atoms with van der Waals surface area (Å²) in [4.78, 5) is 29.8. The molecule has 0 radical (unpaired) electrons. The Kier molecular flexibility index (Phi) is 6.97. The monoisotopic (exact) mass is 525 g/mol. The molecule has 3 unspecified atom stereocenters. The van der Waals surface area contributed by atoms with Gasteiger partial charge in [-0.15, -0.1) is 0 Å². The quantitative estimate of drug-likeness (QED) is 0.538. The van der Waals surface area contributed by atoms with E-state index in [1.54, 1.807) is 11.0 Å². The van der Waals surface area contributed by atoms with Crippen LogP contribution in [0.15, 0.2) is 23.1 Å². The maximum Gasteiger partial charge on any atom is 0.410 e. The van der Waals surface area contributed by atoms with Crippen molar-refractivity contribution in [1.82, 2.24) is 26.2 Å². The summed E-state index contributed by atoms with van der Waals surface area (Å²) >= 11 is 6.05. The van der Waals surface area contributed by atoms with E-state index in [1.165, 1.54) is 12.1 Å². The van der Waals surface area contributed by atoms with Gasteiger partial charge in [0.05, 0.1) is 4.90 Å². The predicted molar refractivity (Wildman–Crippen MR) is 129 cm³/mol. The number of nitrogens with one attached hydrogen (secondary N) is 3. The molecule has 4 aliphatic rings. The molecule has 12 heteroatoms. The Morgan fingerprint density at radius 2 is 1.77 bits per heavy atom. The van der Waals surface area contributed by atoms with E-state index >= 15 is 0 Å². The number of sulfone groups is 1. The molecule has 1 aliphatic carbocycles. The Bertz CT molecular complexity index is 1100. The molecular formula is C23H32ClN5O5S. The van der Waals surface area contributed by atoms with Crippen LogP contribution in [-0.4, -0.2) is 74.7 Å². The summed E-state index contributed by atoms with van der Waals surface area (Å²) in [6.07, 6.45) is 4.21. The number of carbonyl (C=O) groups excluding carboxylic acids is 2. The minimum Gasteiger partial charge on any atom is -0.445 e. The van der Waals surface area contributed by atoms with Crippen LogP contribution in [0.1, 0.15) is 31.2 Å². The number of fused-ring (bicyclic) bond motifs is 2. The maximum absolute atomic E-state index is 13.2. The number of amides is 2. The molecule has 0 spiro atoms. The molecule has 0 bridgehead atoms. The van der Waals surface area contributed by atoms with Crippen LogP contribution in [0.3, 0.4) is 0 Å². The molecule has 1 saturated carbocycles. The van der Waals surface area contributed by atoms with Gasteiger partial charge in [-0.3, -0.25) is 4.79 Å². The fourth-order valence-electron chi connectivity index (χ4n) is 5.88. The van der Waals surface area contributed by atoms with E-state index in [0.29, 0.717) is 37.2 Å². The van der Waals surface area contributed by atoms with Crippen molar-refractivity contribution in [2.75, 3.05) is 32.4 Å². The number of piperidine rings is 1. The van der Waals surface area contributed by atoms with Gasteiger partial charge in [0.1, 0.15) is 6.61 Å². The van der Waals surface area contributed by atoms with Crippen LogP contribution in [0.25, 0.3) is 0 Å². The first-order valence-corrected chi connectivity index (χ1v) is 14.4. The second kappa shape index (κ2) is 9.85. The maximum atomic E-state index is 13.2. The van der Waals surface area contributed by atoms with Crippen molar-refractivity contribution in [3.05, 3.63) is 28.8 Å². The molecule has 4 fully saturated rings. The number of carbonyl (C=O) groups is 2. The number of halogens is 1. The second-order valence-corrected chi connectivity index (χ2v) is 12.7. The van der Waals surface area contributed by atoms with Crippen LogP contribution in [-0.2, 0) is 26.0 Å². The fourth-order valence-corrected chi connectivity index (χ4v) is 6.91. The van der Waals surface area contributed by atoms with Crippen molar-refractivity contribution in [2.45, 2.75) is 49.3 Å². The number of benzene rings is 1. The third-order valence-corrected chi connectivity index (χ3v) is 9.12. The lowest BCUT2D eigenvalue weighted by Gasteiger charge is -2.33. The van der Waals surface area contributed by atoms with Gasteiger partial charge in [-0.2, -0.15) is 5.53 Å². The van der Waals surface area contributed by atoms with Crippen molar-refractivity contribution in [1.29, 1.82) is 0 Å². The number of hydrogen-bond acceptors (Lipinski definition) is 8. The number of hydrazine groups is 2. The summed E-state index contributed by atoms with van der Waals surface area (Å²) < 4.78 is 29.2. The lowest BCUT2D eigenvalue weighted by molar-refractivity contribution is -0.136. The van der Waals surface area contributed by atoms with E-state index in [1.807, 2.05) is 4.90 Å². The lowest BCUT2D eigenvalue weighted by Crippen LogP contribution is -2.45. The second-order valence-electron chi connectivity index (χ2n) is 10.3. The Balaban J connectivity index is 1.14. The molecule has 5 atom stereocenters. The lowest BCUT2D eigenvalue weighted by atomic mass is 9.82. The zero-order chi connectivity index (χ0) is 24.7. The summed E-state index contributed by atoms with van der Waals surface area (Å²) in [7, 11) is -3.42. The molecular weight excluding hydrogens is 494 g/mol. The van der Waals surface area contributed by atoms with Crippen molar-refractivity contribution in [3.8, 4) is 0 Å². The summed E-state index contributed by atoms with van der Waals surface area (Å²) in [6.45, 7) is 2.52. The van der Waals surface area contributed by atoms with Crippen molar-refractivity contribution >= 4 is 33.4 Å². The molecule has 1 aromatic carbocycles. The average Bonchev–Trinajstić information content (AvgIpc) is 3.47. The van der Waals surface area contributed by atoms with Crippen molar-refractivity contribution < 1.29 is 22.7 Å². The molecule has 2 amide bonds. The van der Waals surface area contributed by atoms with Crippen LogP contribution >= 0.6 is 11.6 Å². The molecule has 0 aromatic heterocycles. The largest absolute Gasteiger partial charge is 0.445 e. The third-order valence-electron chi connectivity index (χ3n) is 7.81. The minimum absolute atomic E-state index is 0.0428. The Hall–Kier alpha value is -1.92. The zero-order valence-corrected chi connectivity index (χ0v) is 21.3. The van der Waals surface area contributed by atoms with E-state index in [0.717, 1.165) is 38.5 Å². The number of hydrogen-bond donors (Lipinski definition) is 3. The summed E-state index contributed by atoms with van der Waals surface area (Å²) in [5.41, 5.74) is 9.92. The van der Waals surface area contributed by atoms with Gasteiger partial charge in [0, 0.05) is 55.5 Å². The highest BCUT2D eigenvalue weighted by Gasteiger charge is 2.43. The van der Waals surface area contributed by atoms with Gasteiger partial charge in [-0.05, 0) is 61.3 Å². The smallest absolute Gasteiger partial charge is 0.410 e. The zero-order valence-electron chi connectivity index (χ0n) is 19.7. The number of likely N-dealkylation sites (tertiary alicyclic amines) is 2. The van der Waals surface area contributed by atoms with Crippen LogP contribution < -0.4 is 16.4 Å². The summed E-state index contributed by atoms with van der Waals surface area (Å²) in [5, 5.41) is 0.278. The highest BCUT2D eigenvalue weighted by atomic mass is 35.5. The normalized spacial score (nSPS) is 30.6. The number of rotatable bonds is 4. The molecule has 5 rings (SSSR count). The Morgan fingerprint density at radius 1 is 1.03 bits per heavy atom. The van der Waals surface area contributed by atoms with Crippen LogP contribution in [0, 0.1) is 17.8 Å². The SMILES string of the molecule is CS(=O)(=O)c1cc(Cl)cc(COC(=O)N2CC[C@@H]3CN(C(=O)C4CCC5NNNC5C4)C[C@H]3C2)c1. The molecule has 35 heavy (non-hydrogen) atoms. The molecule has 3 aliphatic heterocycles. The highest BCUT2D eigenvalue weighted by molar-refractivity contribution is 7.90. The highest BCUT2D eigenvalue weighted by Crippen LogP contribution is 2.35. The predicted octanol–water partition coefficient (Wildman–Crippen LogP) is 1.31. The first kappa shape index (κ1) is 24.8. The molecule has 10 nitrogen and oxygen atoms in total. The van der Waals surface area contributed by atoms with Gasteiger partial charge in [-0.1, -0.05) is 11.6 Å². The number of nitrogens with zero attached hydrogens (tertiary/aromatic N) is 2. The minimum atomic E-state index is -3.42. The van der Waals surface area contributed by atoms with Crippen molar-refractivity contribution in [2.24, 2.45) is 17.8 Å². The molecule has 3 N–H and O–H groups in total. The molecule has 1 aromatic rings. The van der Waals surface area contributed by atoms with Gasteiger partial charge in [0.15, 0.2) is 9.84 Å². The fraction of sp³-hybridized carbons (Fsp3) is 0.652. The first-order chi connectivity index (χ1) is 16.7. The topological polar surface area (TPSA) is 120 Å². The van der Waals surface area contributed by atoms with Gasteiger partial charge in [-0.25, -0.2) is 24.1 Å². The van der Waals surface area contributed by atoms with Crippen LogP contribution in [0.5, 0.6) is 0 Å². The van der Waals surface area contributed by atoms with E-state index in [9.17, 15) is 18.0 Å². The van der Waals surface area contributed by atoms with E-state index in [-0.39, 0.29) is 40.3 Å². The van der Waals surface area contributed by atoms with Gasteiger partial charge in [0.2, 0.25) is 5.91 Å². The van der Waals surface area contributed by atoms with Crippen molar-refractivity contribution in [3.63, 3.8) is 0 Å².